The van der Waals surface area contributed by atoms with E-state index in [1.165, 1.54) is 6.21 Å². The van der Waals surface area contributed by atoms with Gasteiger partial charge in [0.05, 0.1) is 17.8 Å². The quantitative estimate of drug-likeness (QED) is 0.518. The van der Waals surface area contributed by atoms with Gasteiger partial charge in [0.15, 0.2) is 0 Å². The van der Waals surface area contributed by atoms with E-state index in [1.807, 2.05) is 31.2 Å². The molecule has 2 N–H and O–H groups in total. The van der Waals surface area contributed by atoms with Crippen molar-refractivity contribution >= 4 is 23.7 Å². The molecule has 29 heavy (non-hydrogen) atoms. The first-order valence-corrected chi connectivity index (χ1v) is 8.87. The fourth-order valence-electron chi connectivity index (χ4n) is 2.57. The first-order valence-electron chi connectivity index (χ1n) is 8.87. The maximum atomic E-state index is 12.3. The number of rotatable bonds is 5. The number of aryl methyl sites for hydroxylation is 1. The van der Waals surface area contributed by atoms with Crippen molar-refractivity contribution in [1.29, 1.82) is 5.26 Å². The van der Waals surface area contributed by atoms with Gasteiger partial charge in [-0.25, -0.2) is 5.43 Å². The van der Waals surface area contributed by atoms with Gasteiger partial charge in [-0.05, 0) is 61.0 Å². The van der Waals surface area contributed by atoms with Gasteiger partial charge in [0.25, 0.3) is 11.8 Å². The van der Waals surface area contributed by atoms with E-state index in [4.69, 9.17) is 5.26 Å². The normalized spacial score (nSPS) is 10.3. The fraction of sp³-hybridized carbons (Fsp3) is 0.0435. The second kappa shape index (κ2) is 9.11. The van der Waals surface area contributed by atoms with Crippen molar-refractivity contribution in [3.8, 4) is 6.07 Å². The molecule has 2 amide bonds. The number of nitrogens with one attached hydrogen (secondary N) is 2. The van der Waals surface area contributed by atoms with Crippen molar-refractivity contribution in [2.45, 2.75) is 6.92 Å². The van der Waals surface area contributed by atoms with Crippen molar-refractivity contribution in [3.63, 3.8) is 0 Å². The van der Waals surface area contributed by atoms with E-state index in [2.05, 4.69) is 15.8 Å². The Morgan fingerprint density at radius 2 is 1.66 bits per heavy atom. The van der Waals surface area contributed by atoms with Crippen molar-refractivity contribution in [1.82, 2.24) is 5.43 Å². The van der Waals surface area contributed by atoms with Crippen molar-refractivity contribution in [2.75, 3.05) is 5.32 Å². The third-order valence-electron chi connectivity index (χ3n) is 4.10. The molecule has 0 aliphatic rings. The number of nitriles is 1. The predicted molar refractivity (Wildman–Crippen MR) is 112 cm³/mol. The molecule has 0 bridgehead atoms. The SMILES string of the molecule is Cc1cccc(C(=O)Nc2ccc(C(=O)NN=Cc3ccc(C#N)cc3)cc2)c1. The van der Waals surface area contributed by atoms with Crippen LogP contribution in [0, 0.1) is 18.3 Å². The van der Waals surface area contributed by atoms with E-state index in [0.717, 1.165) is 11.1 Å². The van der Waals surface area contributed by atoms with Crippen LogP contribution in [-0.2, 0) is 0 Å². The smallest absolute Gasteiger partial charge is 0.271 e. The molecule has 142 valence electrons. The Balaban J connectivity index is 1.57. The fourth-order valence-corrected chi connectivity index (χ4v) is 2.57. The van der Waals surface area contributed by atoms with Gasteiger partial charge in [0.1, 0.15) is 0 Å². The number of anilines is 1. The topological polar surface area (TPSA) is 94.3 Å². The summed E-state index contributed by atoms with van der Waals surface area (Å²) in [5, 5.41) is 15.5. The highest BCUT2D eigenvalue weighted by molar-refractivity contribution is 6.04. The second-order valence-corrected chi connectivity index (χ2v) is 6.33. The summed E-state index contributed by atoms with van der Waals surface area (Å²) in [7, 11) is 0. The summed E-state index contributed by atoms with van der Waals surface area (Å²) < 4.78 is 0. The molecule has 0 saturated heterocycles. The molecule has 6 heteroatoms. The molecule has 0 atom stereocenters. The van der Waals surface area contributed by atoms with Crippen LogP contribution < -0.4 is 10.7 Å². The number of carbonyl (C=O) groups excluding carboxylic acids is 2. The lowest BCUT2D eigenvalue weighted by molar-refractivity contribution is 0.0954. The van der Waals surface area contributed by atoms with Gasteiger partial charge in [-0.15, -0.1) is 0 Å². The number of hydrogen-bond donors (Lipinski definition) is 2. The Bertz CT molecular complexity index is 1090. The Morgan fingerprint density at radius 3 is 2.31 bits per heavy atom. The molecule has 0 heterocycles. The molecule has 0 fully saturated rings. The molecule has 3 aromatic rings. The molecule has 6 nitrogen and oxygen atoms in total. The van der Waals surface area contributed by atoms with Gasteiger partial charge >= 0.3 is 0 Å². The van der Waals surface area contributed by atoms with E-state index in [1.54, 1.807) is 54.6 Å². The van der Waals surface area contributed by atoms with Crippen LogP contribution in [0.5, 0.6) is 0 Å². The molecule has 0 unspecified atom stereocenters. The number of nitrogens with zero attached hydrogens (tertiary/aromatic N) is 2. The zero-order valence-corrected chi connectivity index (χ0v) is 15.7. The molecular weight excluding hydrogens is 364 g/mol. The minimum absolute atomic E-state index is 0.210. The average Bonchev–Trinajstić information content (AvgIpc) is 2.74. The third kappa shape index (κ3) is 5.37. The largest absolute Gasteiger partial charge is 0.322 e. The molecule has 3 rings (SSSR count). The molecule has 0 radical (unpaired) electrons. The van der Waals surface area contributed by atoms with Crippen molar-refractivity contribution < 1.29 is 9.59 Å². The summed E-state index contributed by atoms with van der Waals surface area (Å²) in [6.45, 7) is 1.92. The van der Waals surface area contributed by atoms with Gasteiger partial charge in [-0.2, -0.15) is 10.4 Å². The van der Waals surface area contributed by atoms with Crippen LogP contribution in [-0.4, -0.2) is 18.0 Å². The molecule has 0 saturated carbocycles. The van der Waals surface area contributed by atoms with E-state index in [0.29, 0.717) is 22.4 Å². The minimum atomic E-state index is -0.369. The molecular formula is C23H18N4O2. The zero-order chi connectivity index (χ0) is 20.6. The van der Waals surface area contributed by atoms with Gasteiger partial charge in [0.2, 0.25) is 0 Å². The summed E-state index contributed by atoms with van der Waals surface area (Å²) in [6, 6.07) is 22.7. The number of hydrogen-bond acceptors (Lipinski definition) is 4. The highest BCUT2D eigenvalue weighted by Gasteiger charge is 2.08. The number of carbonyl (C=O) groups is 2. The number of benzene rings is 3. The Morgan fingerprint density at radius 1 is 0.931 bits per heavy atom. The highest BCUT2D eigenvalue weighted by Crippen LogP contribution is 2.12. The van der Waals surface area contributed by atoms with E-state index in [-0.39, 0.29) is 11.8 Å². The van der Waals surface area contributed by atoms with Gasteiger partial charge in [-0.3, -0.25) is 9.59 Å². The van der Waals surface area contributed by atoms with Gasteiger partial charge in [-0.1, -0.05) is 29.8 Å². The Labute approximate surface area is 168 Å². The zero-order valence-electron chi connectivity index (χ0n) is 15.7. The van der Waals surface area contributed by atoms with Crippen LogP contribution in [0.15, 0.2) is 77.9 Å². The van der Waals surface area contributed by atoms with E-state index < -0.39 is 0 Å². The van der Waals surface area contributed by atoms with Crippen molar-refractivity contribution in [2.24, 2.45) is 5.10 Å². The Hall–Kier alpha value is -4.24. The Kier molecular flexibility index (Phi) is 6.13. The summed E-state index contributed by atoms with van der Waals surface area (Å²) in [4.78, 5) is 24.4. The summed E-state index contributed by atoms with van der Waals surface area (Å²) in [5.74, 6) is -0.579. The highest BCUT2D eigenvalue weighted by atomic mass is 16.2. The van der Waals surface area contributed by atoms with Crippen LogP contribution in [0.25, 0.3) is 0 Å². The molecule has 0 spiro atoms. The summed E-state index contributed by atoms with van der Waals surface area (Å²) in [6.07, 6.45) is 1.50. The summed E-state index contributed by atoms with van der Waals surface area (Å²) >= 11 is 0. The molecule has 3 aromatic carbocycles. The molecule has 0 aromatic heterocycles. The lowest BCUT2D eigenvalue weighted by Gasteiger charge is -2.07. The van der Waals surface area contributed by atoms with Crippen LogP contribution in [0.3, 0.4) is 0 Å². The van der Waals surface area contributed by atoms with Crippen LogP contribution in [0.4, 0.5) is 5.69 Å². The van der Waals surface area contributed by atoms with Crippen LogP contribution in [0.2, 0.25) is 0 Å². The number of amides is 2. The maximum Gasteiger partial charge on any atom is 0.271 e. The van der Waals surface area contributed by atoms with Gasteiger partial charge < -0.3 is 5.32 Å². The maximum absolute atomic E-state index is 12.3. The lowest BCUT2D eigenvalue weighted by atomic mass is 10.1. The standard InChI is InChI=1S/C23H18N4O2/c1-16-3-2-4-20(13-16)22(28)26-21-11-9-19(10-12-21)23(29)27-25-15-18-7-5-17(14-24)6-8-18/h2-13,15H,1H3,(H,26,28)(H,27,29). The summed E-state index contributed by atoms with van der Waals surface area (Å²) in [5.41, 5.74) is 6.35. The molecule has 0 aliphatic heterocycles. The first kappa shape index (κ1) is 19.5. The van der Waals surface area contributed by atoms with Gasteiger partial charge in [0, 0.05) is 16.8 Å². The van der Waals surface area contributed by atoms with E-state index >= 15 is 0 Å². The first-order chi connectivity index (χ1) is 14.0. The van der Waals surface area contributed by atoms with Crippen LogP contribution >= 0.6 is 0 Å². The van der Waals surface area contributed by atoms with E-state index in [9.17, 15) is 9.59 Å². The average molecular weight is 382 g/mol. The second-order valence-electron chi connectivity index (χ2n) is 6.33. The number of hydrazone groups is 1. The predicted octanol–water partition coefficient (Wildman–Crippen LogP) is 3.88. The lowest BCUT2D eigenvalue weighted by Crippen LogP contribution is -2.17. The van der Waals surface area contributed by atoms with Crippen LogP contribution in [0.1, 0.15) is 37.4 Å². The minimum Gasteiger partial charge on any atom is -0.322 e. The monoisotopic (exact) mass is 382 g/mol. The molecule has 0 aliphatic carbocycles. The third-order valence-corrected chi connectivity index (χ3v) is 4.10. The van der Waals surface area contributed by atoms with Crippen molar-refractivity contribution in [3.05, 3.63) is 101 Å².